The van der Waals surface area contributed by atoms with Gasteiger partial charge in [0.25, 0.3) is 5.91 Å². The molecular formula is C13H13BrFNO3. The Kier molecular flexibility index (Phi) is 3.89. The molecule has 1 fully saturated rings. The van der Waals surface area contributed by atoms with Gasteiger partial charge in [-0.1, -0.05) is 13.0 Å². The van der Waals surface area contributed by atoms with Gasteiger partial charge in [0.2, 0.25) is 0 Å². The van der Waals surface area contributed by atoms with Crippen molar-refractivity contribution in [1.29, 1.82) is 0 Å². The molecule has 1 aromatic carbocycles. The Morgan fingerprint density at radius 1 is 1.47 bits per heavy atom. The lowest BCUT2D eigenvalue weighted by molar-refractivity contribution is -0.144. The maximum Gasteiger partial charge on any atom is 0.306 e. The van der Waals surface area contributed by atoms with E-state index in [4.69, 9.17) is 5.11 Å². The average molecular weight is 330 g/mol. The van der Waals surface area contributed by atoms with E-state index in [1.54, 1.807) is 13.0 Å². The summed E-state index contributed by atoms with van der Waals surface area (Å²) in [5.41, 5.74) is 0.265. The number of amides is 1. The van der Waals surface area contributed by atoms with E-state index in [1.807, 2.05) is 0 Å². The van der Waals surface area contributed by atoms with Gasteiger partial charge in [-0.25, -0.2) is 4.39 Å². The minimum Gasteiger partial charge on any atom is -0.481 e. The van der Waals surface area contributed by atoms with Crippen molar-refractivity contribution in [2.75, 3.05) is 13.1 Å². The van der Waals surface area contributed by atoms with Crippen LogP contribution in [0.1, 0.15) is 17.3 Å². The molecule has 19 heavy (non-hydrogen) atoms. The van der Waals surface area contributed by atoms with Gasteiger partial charge >= 0.3 is 5.97 Å². The summed E-state index contributed by atoms with van der Waals surface area (Å²) in [6.07, 6.45) is 0. The molecule has 0 radical (unpaired) electrons. The minimum absolute atomic E-state index is 0.0335. The Bertz CT molecular complexity index is 529. The van der Waals surface area contributed by atoms with Gasteiger partial charge in [-0.3, -0.25) is 9.59 Å². The van der Waals surface area contributed by atoms with Gasteiger partial charge in [-0.15, -0.1) is 0 Å². The van der Waals surface area contributed by atoms with Crippen molar-refractivity contribution in [3.8, 4) is 0 Å². The topological polar surface area (TPSA) is 57.6 Å². The molecule has 1 aromatic rings. The number of nitrogens with zero attached hydrogens (tertiary/aromatic N) is 1. The third-order valence-electron chi connectivity index (χ3n) is 3.48. The molecule has 1 aliphatic heterocycles. The molecule has 102 valence electrons. The zero-order valence-electron chi connectivity index (χ0n) is 10.3. The molecule has 1 amide bonds. The molecule has 1 N–H and O–H groups in total. The zero-order valence-corrected chi connectivity index (χ0v) is 11.9. The first kappa shape index (κ1) is 14.0. The molecule has 1 unspecified atom stereocenters. The zero-order chi connectivity index (χ0) is 14.2. The fourth-order valence-corrected chi connectivity index (χ4v) is 2.47. The monoisotopic (exact) mass is 329 g/mol. The van der Waals surface area contributed by atoms with Gasteiger partial charge in [0.15, 0.2) is 0 Å². The van der Waals surface area contributed by atoms with E-state index >= 15 is 0 Å². The number of carboxylic acid groups (broad SMARTS) is 1. The van der Waals surface area contributed by atoms with Gasteiger partial charge in [0, 0.05) is 19.0 Å². The van der Waals surface area contributed by atoms with Crippen molar-refractivity contribution < 1.29 is 19.1 Å². The van der Waals surface area contributed by atoms with E-state index in [1.165, 1.54) is 17.0 Å². The van der Waals surface area contributed by atoms with Crippen LogP contribution >= 0.6 is 15.9 Å². The van der Waals surface area contributed by atoms with Crippen LogP contribution in [0, 0.1) is 17.7 Å². The Morgan fingerprint density at radius 2 is 2.11 bits per heavy atom. The summed E-state index contributed by atoms with van der Waals surface area (Å²) in [5.74, 6) is -2.13. The average Bonchev–Trinajstić information content (AvgIpc) is 2.30. The summed E-state index contributed by atoms with van der Waals surface area (Å²) in [5, 5.41) is 8.88. The van der Waals surface area contributed by atoms with Crippen molar-refractivity contribution in [2.24, 2.45) is 11.8 Å². The number of likely N-dealkylation sites (tertiary alicyclic amines) is 1. The molecule has 1 heterocycles. The third kappa shape index (κ3) is 2.63. The molecule has 0 spiro atoms. The maximum atomic E-state index is 13.3. The minimum atomic E-state index is -0.857. The number of rotatable bonds is 3. The molecule has 0 aliphatic carbocycles. The Hall–Kier alpha value is -1.43. The van der Waals surface area contributed by atoms with Crippen LogP contribution in [0.25, 0.3) is 0 Å². The summed E-state index contributed by atoms with van der Waals surface area (Å²) in [4.78, 5) is 24.5. The number of hydrogen-bond donors (Lipinski definition) is 1. The first-order valence-electron chi connectivity index (χ1n) is 5.88. The van der Waals surface area contributed by atoms with Gasteiger partial charge in [-0.2, -0.15) is 0 Å². The second kappa shape index (κ2) is 5.28. The van der Waals surface area contributed by atoms with Crippen LogP contribution in [0.15, 0.2) is 22.7 Å². The first-order valence-corrected chi connectivity index (χ1v) is 6.67. The van der Waals surface area contributed by atoms with Gasteiger partial charge in [0.05, 0.1) is 16.0 Å². The Balaban J connectivity index is 2.04. The van der Waals surface area contributed by atoms with E-state index in [0.29, 0.717) is 13.1 Å². The van der Waals surface area contributed by atoms with Crippen molar-refractivity contribution in [2.45, 2.75) is 6.92 Å². The molecule has 0 saturated carbocycles. The molecular weight excluding hydrogens is 317 g/mol. The lowest BCUT2D eigenvalue weighted by atomic mass is 9.86. The van der Waals surface area contributed by atoms with Crippen LogP contribution in [0.4, 0.5) is 4.39 Å². The van der Waals surface area contributed by atoms with Crippen LogP contribution < -0.4 is 0 Å². The molecule has 1 atom stereocenters. The van der Waals surface area contributed by atoms with E-state index in [-0.39, 0.29) is 21.9 Å². The quantitative estimate of drug-likeness (QED) is 0.926. The summed E-state index contributed by atoms with van der Waals surface area (Å²) in [6.45, 7) is 2.43. The van der Waals surface area contributed by atoms with E-state index in [2.05, 4.69) is 15.9 Å². The van der Waals surface area contributed by atoms with Crippen LogP contribution in [-0.4, -0.2) is 35.0 Å². The fraction of sp³-hybridized carbons (Fsp3) is 0.385. The predicted octanol–water partition coefficient (Wildman–Crippen LogP) is 2.38. The smallest absolute Gasteiger partial charge is 0.306 e. The first-order chi connectivity index (χ1) is 8.91. The fourth-order valence-electron chi connectivity index (χ4n) is 2.04. The molecule has 4 nitrogen and oxygen atoms in total. The summed E-state index contributed by atoms with van der Waals surface area (Å²) < 4.78 is 13.5. The molecule has 0 aromatic heterocycles. The highest BCUT2D eigenvalue weighted by Crippen LogP contribution is 2.28. The highest BCUT2D eigenvalue weighted by molar-refractivity contribution is 9.10. The molecule has 6 heteroatoms. The molecule has 0 bridgehead atoms. The highest BCUT2D eigenvalue weighted by atomic mass is 79.9. The summed E-state index contributed by atoms with van der Waals surface area (Å²) >= 11 is 3.05. The van der Waals surface area contributed by atoms with Gasteiger partial charge in [0.1, 0.15) is 5.82 Å². The van der Waals surface area contributed by atoms with Crippen molar-refractivity contribution in [3.63, 3.8) is 0 Å². The van der Waals surface area contributed by atoms with Gasteiger partial charge < -0.3 is 10.0 Å². The molecule has 1 saturated heterocycles. The number of carbonyl (C=O) groups excluding carboxylic acids is 1. The normalized spacial score (nSPS) is 16.9. The van der Waals surface area contributed by atoms with E-state index in [0.717, 1.165) is 0 Å². The largest absolute Gasteiger partial charge is 0.481 e. The number of carboxylic acids is 1. The van der Waals surface area contributed by atoms with Crippen molar-refractivity contribution >= 4 is 27.8 Å². The molecule has 2 rings (SSSR count). The Morgan fingerprint density at radius 3 is 2.68 bits per heavy atom. The van der Waals surface area contributed by atoms with Crippen LogP contribution in [0.5, 0.6) is 0 Å². The van der Waals surface area contributed by atoms with E-state index in [9.17, 15) is 14.0 Å². The Labute approximate surface area is 118 Å². The van der Waals surface area contributed by atoms with E-state index < -0.39 is 17.7 Å². The SMILES string of the molecule is CC(C(=O)O)C1CN(C(=O)c2cccc(F)c2Br)C1. The van der Waals surface area contributed by atoms with Crippen LogP contribution in [0.3, 0.4) is 0 Å². The number of aliphatic carboxylic acids is 1. The predicted molar refractivity (Wildman–Crippen MR) is 70.3 cm³/mol. The number of hydrogen-bond acceptors (Lipinski definition) is 2. The number of benzene rings is 1. The van der Waals surface area contributed by atoms with Crippen molar-refractivity contribution in [1.82, 2.24) is 4.90 Å². The summed E-state index contributed by atoms with van der Waals surface area (Å²) in [7, 11) is 0. The second-order valence-corrected chi connectivity index (χ2v) is 5.49. The van der Waals surface area contributed by atoms with Crippen molar-refractivity contribution in [3.05, 3.63) is 34.1 Å². The maximum absolute atomic E-state index is 13.3. The lowest BCUT2D eigenvalue weighted by Crippen LogP contribution is -2.53. The van der Waals surface area contributed by atoms with Gasteiger partial charge in [-0.05, 0) is 28.1 Å². The standard InChI is InChI=1S/C13H13BrFNO3/c1-7(13(18)19)8-5-16(6-8)12(17)9-3-2-4-10(15)11(9)14/h2-4,7-8H,5-6H2,1H3,(H,18,19). The molecule has 1 aliphatic rings. The lowest BCUT2D eigenvalue weighted by Gasteiger charge is -2.41. The number of carbonyl (C=O) groups is 2. The van der Waals surface area contributed by atoms with Crippen LogP contribution in [-0.2, 0) is 4.79 Å². The highest BCUT2D eigenvalue weighted by Gasteiger charge is 2.37. The third-order valence-corrected chi connectivity index (χ3v) is 4.28. The van der Waals surface area contributed by atoms with Crippen LogP contribution in [0.2, 0.25) is 0 Å². The number of halogens is 2. The second-order valence-electron chi connectivity index (χ2n) is 4.70. The summed E-state index contributed by atoms with van der Waals surface area (Å²) in [6, 6.07) is 4.29.